The maximum Gasteiger partial charge on any atom is 0.169 e. The molecule has 0 saturated heterocycles. The Bertz CT molecular complexity index is 319. The molecule has 1 heterocycles. The van der Waals surface area contributed by atoms with E-state index in [4.69, 9.17) is 0 Å². The second-order valence-corrected chi connectivity index (χ2v) is 4.47. The fourth-order valence-electron chi connectivity index (χ4n) is 1.20. The van der Waals surface area contributed by atoms with Crippen LogP contribution in [-0.4, -0.2) is 10.8 Å². The van der Waals surface area contributed by atoms with Crippen LogP contribution in [0.1, 0.15) is 43.7 Å². The number of aryl methyl sites for hydroxylation is 1. The van der Waals surface area contributed by atoms with Gasteiger partial charge in [0, 0.05) is 22.9 Å². The molecule has 76 valence electrons. The first-order valence-corrected chi connectivity index (χ1v) is 4.95. The first kappa shape index (κ1) is 10.9. The molecule has 0 amide bonds. The fraction of sp³-hybridized carbons (Fsp3) is 0.500. The maximum absolute atomic E-state index is 11.8. The number of carbonyl (C=O) groups excluding carboxylic acids is 1. The van der Waals surface area contributed by atoms with E-state index in [-0.39, 0.29) is 11.2 Å². The van der Waals surface area contributed by atoms with Gasteiger partial charge in [-0.1, -0.05) is 27.7 Å². The van der Waals surface area contributed by atoms with Crippen LogP contribution in [0.5, 0.6) is 0 Å². The summed E-state index contributed by atoms with van der Waals surface area (Å²) >= 11 is 0. The second-order valence-electron chi connectivity index (χ2n) is 4.47. The van der Waals surface area contributed by atoms with Crippen molar-refractivity contribution in [3.63, 3.8) is 0 Å². The highest BCUT2D eigenvalue weighted by molar-refractivity contribution is 5.99. The molecule has 0 radical (unpaired) electrons. The lowest BCUT2D eigenvalue weighted by Crippen LogP contribution is -2.20. The maximum atomic E-state index is 11.8. The van der Waals surface area contributed by atoms with Gasteiger partial charge in [-0.2, -0.15) is 0 Å². The van der Waals surface area contributed by atoms with Crippen LogP contribution in [0.4, 0.5) is 0 Å². The minimum Gasteiger partial charge on any atom is -0.294 e. The lowest BCUT2D eigenvalue weighted by molar-refractivity contribution is 0.0858. The molecule has 0 aliphatic rings. The third-order valence-corrected chi connectivity index (χ3v) is 2.13. The van der Waals surface area contributed by atoms with Crippen molar-refractivity contribution in [3.05, 3.63) is 29.6 Å². The van der Waals surface area contributed by atoms with Crippen LogP contribution in [0.3, 0.4) is 0 Å². The van der Waals surface area contributed by atoms with Gasteiger partial charge in [-0.05, 0) is 18.6 Å². The quantitative estimate of drug-likeness (QED) is 0.673. The zero-order chi connectivity index (χ0) is 10.8. The monoisotopic (exact) mass is 191 g/mol. The molecule has 0 aliphatic heterocycles. The van der Waals surface area contributed by atoms with Crippen LogP contribution >= 0.6 is 0 Å². The van der Waals surface area contributed by atoms with Gasteiger partial charge in [-0.3, -0.25) is 9.78 Å². The zero-order valence-corrected chi connectivity index (χ0v) is 9.29. The molecule has 0 atom stereocenters. The van der Waals surface area contributed by atoms with Crippen molar-refractivity contribution in [2.75, 3.05) is 0 Å². The number of hydrogen-bond donors (Lipinski definition) is 0. The normalized spacial score (nSPS) is 11.4. The summed E-state index contributed by atoms with van der Waals surface area (Å²) < 4.78 is 0. The Morgan fingerprint density at radius 2 is 2.00 bits per heavy atom. The Morgan fingerprint density at radius 3 is 2.36 bits per heavy atom. The van der Waals surface area contributed by atoms with Gasteiger partial charge in [0.1, 0.15) is 0 Å². The average molecular weight is 191 g/mol. The number of nitrogens with zero attached hydrogens (tertiary/aromatic N) is 1. The Labute approximate surface area is 85.4 Å². The third kappa shape index (κ3) is 2.41. The molecule has 2 nitrogen and oxygen atoms in total. The van der Waals surface area contributed by atoms with Crippen LogP contribution < -0.4 is 0 Å². The van der Waals surface area contributed by atoms with Gasteiger partial charge < -0.3 is 0 Å². The van der Waals surface area contributed by atoms with Crippen LogP contribution in [0.2, 0.25) is 0 Å². The Balaban J connectivity index is 2.93. The molecule has 0 bridgehead atoms. The molecular formula is C12H17NO. The van der Waals surface area contributed by atoms with Gasteiger partial charge in [-0.15, -0.1) is 0 Å². The number of pyridine rings is 1. The number of rotatable bonds is 2. The van der Waals surface area contributed by atoms with Crippen molar-refractivity contribution >= 4 is 5.78 Å². The van der Waals surface area contributed by atoms with Crippen LogP contribution in [0.15, 0.2) is 18.3 Å². The van der Waals surface area contributed by atoms with Crippen molar-refractivity contribution in [2.24, 2.45) is 5.41 Å². The van der Waals surface area contributed by atoms with E-state index in [0.29, 0.717) is 5.56 Å². The SMILES string of the molecule is CCc1ccc(C(=O)C(C)(C)C)cn1. The smallest absolute Gasteiger partial charge is 0.169 e. The first-order valence-electron chi connectivity index (χ1n) is 4.95. The topological polar surface area (TPSA) is 30.0 Å². The van der Waals surface area contributed by atoms with Gasteiger partial charge in [-0.25, -0.2) is 0 Å². The molecule has 1 aromatic heterocycles. The van der Waals surface area contributed by atoms with E-state index >= 15 is 0 Å². The lowest BCUT2D eigenvalue weighted by atomic mass is 9.87. The predicted molar refractivity (Wildman–Crippen MR) is 57.4 cm³/mol. The predicted octanol–water partition coefficient (Wildman–Crippen LogP) is 2.87. The largest absolute Gasteiger partial charge is 0.294 e. The van der Waals surface area contributed by atoms with Crippen molar-refractivity contribution in [2.45, 2.75) is 34.1 Å². The van der Waals surface area contributed by atoms with Gasteiger partial charge in [0.05, 0.1) is 0 Å². The van der Waals surface area contributed by atoms with E-state index in [1.807, 2.05) is 39.8 Å². The lowest BCUT2D eigenvalue weighted by Gasteiger charge is -2.16. The second kappa shape index (κ2) is 3.91. The van der Waals surface area contributed by atoms with Gasteiger partial charge >= 0.3 is 0 Å². The summed E-state index contributed by atoms with van der Waals surface area (Å²) in [6, 6.07) is 3.78. The summed E-state index contributed by atoms with van der Waals surface area (Å²) in [5.74, 6) is 0.146. The minimum atomic E-state index is -0.324. The van der Waals surface area contributed by atoms with Gasteiger partial charge in [0.2, 0.25) is 0 Å². The molecule has 1 rings (SSSR count). The van der Waals surface area contributed by atoms with E-state index in [1.54, 1.807) is 6.20 Å². The number of Topliss-reactive ketones (excluding diaryl/α,β-unsaturated/α-hetero) is 1. The number of aromatic nitrogens is 1. The molecule has 14 heavy (non-hydrogen) atoms. The number of hydrogen-bond acceptors (Lipinski definition) is 2. The van der Waals surface area contributed by atoms with Crippen molar-refractivity contribution < 1.29 is 4.79 Å². The standard InChI is InChI=1S/C12H17NO/c1-5-10-7-6-9(8-13-10)11(14)12(2,3)4/h6-8H,5H2,1-4H3. The summed E-state index contributed by atoms with van der Waals surface area (Å²) in [4.78, 5) is 16.0. The van der Waals surface area contributed by atoms with Crippen molar-refractivity contribution in [1.82, 2.24) is 4.98 Å². The van der Waals surface area contributed by atoms with Crippen molar-refractivity contribution in [1.29, 1.82) is 0 Å². The summed E-state index contributed by atoms with van der Waals surface area (Å²) in [5.41, 5.74) is 1.40. The molecule has 0 unspecified atom stereocenters. The molecule has 2 heteroatoms. The summed E-state index contributed by atoms with van der Waals surface area (Å²) in [6.07, 6.45) is 2.58. The Hall–Kier alpha value is -1.18. The minimum absolute atomic E-state index is 0.146. The third-order valence-electron chi connectivity index (χ3n) is 2.13. The first-order chi connectivity index (χ1) is 6.45. The summed E-state index contributed by atoms with van der Waals surface area (Å²) in [6.45, 7) is 7.81. The molecule has 0 saturated carbocycles. The van der Waals surface area contributed by atoms with Crippen LogP contribution in [-0.2, 0) is 6.42 Å². The van der Waals surface area contributed by atoms with Crippen LogP contribution in [0, 0.1) is 5.41 Å². The van der Waals surface area contributed by atoms with E-state index in [0.717, 1.165) is 12.1 Å². The highest BCUT2D eigenvalue weighted by Gasteiger charge is 2.22. The summed E-state index contributed by atoms with van der Waals surface area (Å²) in [5, 5.41) is 0. The fourth-order valence-corrected chi connectivity index (χ4v) is 1.20. The molecule has 1 aromatic rings. The average Bonchev–Trinajstić information content (AvgIpc) is 2.15. The molecule has 0 spiro atoms. The summed E-state index contributed by atoms with van der Waals surface area (Å²) in [7, 11) is 0. The van der Waals surface area contributed by atoms with E-state index in [2.05, 4.69) is 4.98 Å². The zero-order valence-electron chi connectivity index (χ0n) is 9.29. The highest BCUT2D eigenvalue weighted by Crippen LogP contribution is 2.20. The molecule has 0 aliphatic carbocycles. The van der Waals surface area contributed by atoms with E-state index < -0.39 is 0 Å². The number of ketones is 1. The van der Waals surface area contributed by atoms with Crippen molar-refractivity contribution in [3.8, 4) is 0 Å². The van der Waals surface area contributed by atoms with E-state index in [1.165, 1.54) is 0 Å². The molecule has 0 N–H and O–H groups in total. The molecular weight excluding hydrogens is 174 g/mol. The van der Waals surface area contributed by atoms with Gasteiger partial charge in [0.25, 0.3) is 0 Å². The van der Waals surface area contributed by atoms with Crippen LogP contribution in [0.25, 0.3) is 0 Å². The van der Waals surface area contributed by atoms with E-state index in [9.17, 15) is 4.79 Å². The Morgan fingerprint density at radius 1 is 1.36 bits per heavy atom. The molecule has 0 fully saturated rings. The highest BCUT2D eigenvalue weighted by atomic mass is 16.1. The Kier molecular flexibility index (Phi) is 3.04. The number of carbonyl (C=O) groups is 1. The van der Waals surface area contributed by atoms with Gasteiger partial charge in [0.15, 0.2) is 5.78 Å². The molecule has 0 aromatic carbocycles.